The number of halogens is 1. The van der Waals surface area contributed by atoms with Crippen LogP contribution >= 0.6 is 0 Å². The van der Waals surface area contributed by atoms with E-state index in [9.17, 15) is 14.0 Å². The van der Waals surface area contributed by atoms with Gasteiger partial charge in [0.2, 0.25) is 5.91 Å². The summed E-state index contributed by atoms with van der Waals surface area (Å²) in [4.78, 5) is 38.8. The Balaban J connectivity index is 1.32. The monoisotopic (exact) mass is 522 g/mol. The van der Waals surface area contributed by atoms with E-state index in [1.165, 1.54) is 12.1 Å². The van der Waals surface area contributed by atoms with Gasteiger partial charge in [-0.1, -0.05) is 18.2 Å². The van der Waals surface area contributed by atoms with Crippen LogP contribution in [0.5, 0.6) is 0 Å². The van der Waals surface area contributed by atoms with E-state index in [0.29, 0.717) is 34.5 Å². The van der Waals surface area contributed by atoms with Crippen molar-refractivity contribution in [3.05, 3.63) is 95.6 Å². The van der Waals surface area contributed by atoms with Crippen LogP contribution in [0.25, 0.3) is 22.3 Å². The van der Waals surface area contributed by atoms with Crippen molar-refractivity contribution in [1.29, 1.82) is 0 Å². The lowest BCUT2D eigenvalue weighted by Gasteiger charge is -2.32. The zero-order valence-electron chi connectivity index (χ0n) is 21.4. The van der Waals surface area contributed by atoms with Crippen LogP contribution in [0.2, 0.25) is 0 Å². The lowest BCUT2D eigenvalue weighted by Crippen LogP contribution is -2.47. The number of hydrogen-bond acceptors (Lipinski definition) is 6. The van der Waals surface area contributed by atoms with Crippen molar-refractivity contribution in [2.24, 2.45) is 0 Å². The Labute approximate surface area is 225 Å². The number of fused-ring (bicyclic) bond motifs is 2. The molecule has 0 saturated carbocycles. The van der Waals surface area contributed by atoms with E-state index in [2.05, 4.69) is 32.5 Å². The molecule has 2 aliphatic rings. The Bertz CT molecular complexity index is 1610. The number of carbonyl (C=O) groups is 2. The van der Waals surface area contributed by atoms with Gasteiger partial charge in [-0.15, -0.1) is 0 Å². The molecule has 1 fully saturated rings. The molecular weight excluding hydrogens is 495 g/mol. The average Bonchev–Trinajstić information content (AvgIpc) is 3.27. The lowest BCUT2D eigenvalue weighted by molar-refractivity contribution is -0.132. The van der Waals surface area contributed by atoms with Crippen molar-refractivity contribution in [3.8, 4) is 0 Å². The van der Waals surface area contributed by atoms with E-state index in [1.807, 2.05) is 47.4 Å². The predicted molar refractivity (Wildman–Crippen MR) is 149 cm³/mol. The molecule has 196 valence electrons. The third-order valence-electron chi connectivity index (χ3n) is 7.17. The molecule has 8 nitrogen and oxygen atoms in total. The van der Waals surface area contributed by atoms with Crippen molar-refractivity contribution in [2.75, 3.05) is 43.9 Å². The Morgan fingerprint density at radius 2 is 1.69 bits per heavy atom. The maximum absolute atomic E-state index is 13.9. The number of amides is 2. The molecule has 0 unspecified atom stereocenters. The van der Waals surface area contributed by atoms with E-state index in [4.69, 9.17) is 0 Å². The number of benzene rings is 3. The zero-order valence-corrected chi connectivity index (χ0v) is 21.4. The van der Waals surface area contributed by atoms with Crippen LogP contribution in [0, 0.1) is 5.82 Å². The summed E-state index contributed by atoms with van der Waals surface area (Å²) in [5.74, 6) is -0.630. The van der Waals surface area contributed by atoms with Gasteiger partial charge in [0.05, 0.1) is 34.4 Å². The second-order valence-corrected chi connectivity index (χ2v) is 9.84. The van der Waals surface area contributed by atoms with Crippen LogP contribution in [0.15, 0.2) is 73.1 Å². The van der Waals surface area contributed by atoms with E-state index in [1.54, 1.807) is 18.5 Å². The molecule has 2 N–H and O–H groups in total. The van der Waals surface area contributed by atoms with Gasteiger partial charge in [-0.2, -0.15) is 0 Å². The van der Waals surface area contributed by atoms with Crippen LogP contribution < -0.4 is 10.6 Å². The number of piperazine rings is 1. The summed E-state index contributed by atoms with van der Waals surface area (Å²) in [5, 5.41) is 6.19. The highest BCUT2D eigenvalue weighted by atomic mass is 19.1. The number of likely N-dealkylation sites (N-methyl/N-ethyl adjacent to an activating group) is 1. The van der Waals surface area contributed by atoms with E-state index in [-0.39, 0.29) is 11.8 Å². The van der Waals surface area contributed by atoms with Crippen molar-refractivity contribution in [1.82, 2.24) is 19.8 Å². The SMILES string of the molecule is CN1CCN(C(=O)Cc2ccc(N/C(=C3\C(=O)Nc4cc(F)ccc43)c3ccc4nccnc4c3)cc2)CC1. The average molecular weight is 523 g/mol. The van der Waals surface area contributed by atoms with Gasteiger partial charge in [-0.25, -0.2) is 4.39 Å². The Morgan fingerprint density at radius 1 is 0.949 bits per heavy atom. The molecule has 0 radical (unpaired) electrons. The van der Waals surface area contributed by atoms with E-state index in [0.717, 1.165) is 48.5 Å². The third-order valence-corrected chi connectivity index (χ3v) is 7.17. The second kappa shape index (κ2) is 10.3. The molecule has 9 heteroatoms. The molecule has 3 aromatic carbocycles. The minimum absolute atomic E-state index is 0.121. The van der Waals surface area contributed by atoms with Gasteiger partial charge in [0.15, 0.2) is 0 Å². The Hall–Kier alpha value is -4.63. The van der Waals surface area contributed by atoms with Gasteiger partial charge in [0.25, 0.3) is 5.91 Å². The summed E-state index contributed by atoms with van der Waals surface area (Å²) in [7, 11) is 2.06. The van der Waals surface area contributed by atoms with Gasteiger partial charge in [-0.3, -0.25) is 19.6 Å². The number of aromatic nitrogens is 2. The van der Waals surface area contributed by atoms with Gasteiger partial charge < -0.3 is 20.4 Å². The number of nitrogens with one attached hydrogen (secondary N) is 2. The molecule has 0 spiro atoms. The molecule has 0 bridgehead atoms. The van der Waals surface area contributed by atoms with Crippen molar-refractivity contribution >= 4 is 45.5 Å². The fourth-order valence-electron chi connectivity index (χ4n) is 4.98. The van der Waals surface area contributed by atoms with Gasteiger partial charge >= 0.3 is 0 Å². The molecule has 1 saturated heterocycles. The third kappa shape index (κ3) is 5.08. The largest absolute Gasteiger partial charge is 0.354 e. The van der Waals surface area contributed by atoms with Gasteiger partial charge in [0.1, 0.15) is 5.82 Å². The minimum atomic E-state index is -0.424. The smallest absolute Gasteiger partial charge is 0.258 e. The van der Waals surface area contributed by atoms with Crippen LogP contribution in [0.3, 0.4) is 0 Å². The molecule has 2 amide bonds. The first-order chi connectivity index (χ1) is 18.9. The van der Waals surface area contributed by atoms with Gasteiger partial charge in [-0.05, 0) is 55.1 Å². The highest BCUT2D eigenvalue weighted by Crippen LogP contribution is 2.38. The van der Waals surface area contributed by atoms with Crippen molar-refractivity contribution in [2.45, 2.75) is 6.42 Å². The first kappa shape index (κ1) is 24.7. The van der Waals surface area contributed by atoms with E-state index < -0.39 is 5.82 Å². The zero-order chi connectivity index (χ0) is 26.9. The molecule has 2 aliphatic heterocycles. The summed E-state index contributed by atoms with van der Waals surface area (Å²) >= 11 is 0. The molecular formula is C30H27FN6O2. The molecule has 0 atom stereocenters. The number of rotatable bonds is 5. The highest BCUT2D eigenvalue weighted by Gasteiger charge is 2.29. The summed E-state index contributed by atoms with van der Waals surface area (Å²) < 4.78 is 13.9. The summed E-state index contributed by atoms with van der Waals surface area (Å²) in [6, 6.07) is 17.5. The summed E-state index contributed by atoms with van der Waals surface area (Å²) in [6.07, 6.45) is 3.59. The molecule has 4 aromatic rings. The fraction of sp³-hybridized carbons (Fsp3) is 0.200. The molecule has 6 rings (SSSR count). The summed E-state index contributed by atoms with van der Waals surface area (Å²) in [5.41, 5.74) is 5.82. The fourth-order valence-corrected chi connectivity index (χ4v) is 4.98. The second-order valence-electron chi connectivity index (χ2n) is 9.84. The van der Waals surface area contributed by atoms with E-state index >= 15 is 0 Å². The maximum atomic E-state index is 13.9. The topological polar surface area (TPSA) is 90.5 Å². The molecule has 1 aromatic heterocycles. The first-order valence-corrected chi connectivity index (χ1v) is 12.8. The quantitative estimate of drug-likeness (QED) is 0.385. The first-order valence-electron chi connectivity index (χ1n) is 12.8. The van der Waals surface area contributed by atoms with Crippen molar-refractivity contribution < 1.29 is 14.0 Å². The van der Waals surface area contributed by atoms with Crippen LogP contribution in [-0.2, 0) is 16.0 Å². The summed E-state index contributed by atoms with van der Waals surface area (Å²) in [6.45, 7) is 3.26. The molecule has 3 heterocycles. The lowest BCUT2D eigenvalue weighted by atomic mass is 9.99. The Kier molecular flexibility index (Phi) is 6.50. The normalized spacial score (nSPS) is 16.7. The standard InChI is InChI=1S/C30H27FN6O2/c1-36-12-14-37(15-13-36)27(38)16-19-2-6-22(7-3-19)34-29(20-4-9-24-26(17-20)33-11-10-32-24)28-23-8-5-21(31)18-25(23)35-30(28)39/h2-11,17-18,34H,12-16H2,1H3,(H,35,39)/b29-28-. The maximum Gasteiger partial charge on any atom is 0.258 e. The predicted octanol–water partition coefficient (Wildman–Crippen LogP) is 4.02. The number of nitrogens with zero attached hydrogens (tertiary/aromatic N) is 4. The number of anilines is 2. The van der Waals surface area contributed by atoms with Gasteiger partial charge in [0, 0.05) is 55.4 Å². The highest BCUT2D eigenvalue weighted by molar-refractivity contribution is 6.37. The van der Waals surface area contributed by atoms with Crippen LogP contribution in [0.1, 0.15) is 16.7 Å². The number of hydrogen-bond donors (Lipinski definition) is 2. The Morgan fingerprint density at radius 3 is 2.46 bits per heavy atom. The van der Waals surface area contributed by atoms with Crippen molar-refractivity contribution in [3.63, 3.8) is 0 Å². The molecule has 0 aliphatic carbocycles. The molecule has 39 heavy (non-hydrogen) atoms. The minimum Gasteiger partial charge on any atom is -0.354 e. The number of carbonyl (C=O) groups excluding carboxylic acids is 2. The van der Waals surface area contributed by atoms with Crippen LogP contribution in [-0.4, -0.2) is 64.8 Å². The van der Waals surface area contributed by atoms with Crippen LogP contribution in [0.4, 0.5) is 15.8 Å².